The summed E-state index contributed by atoms with van der Waals surface area (Å²) in [6, 6.07) is 11.4. The highest BCUT2D eigenvalue weighted by Gasteiger charge is 2.30. The average Bonchev–Trinajstić information content (AvgIpc) is 2.63. The molecule has 0 aliphatic heterocycles. The predicted octanol–water partition coefficient (Wildman–Crippen LogP) is 4.59. The Hall–Kier alpha value is -3.14. The summed E-state index contributed by atoms with van der Waals surface area (Å²) in [6.45, 7) is 1.76. The van der Waals surface area contributed by atoms with Crippen LogP contribution in [0.5, 0.6) is 0 Å². The first-order chi connectivity index (χ1) is 13.5. The van der Waals surface area contributed by atoms with E-state index in [4.69, 9.17) is 0 Å². The highest BCUT2D eigenvalue weighted by Crippen LogP contribution is 2.32. The molecule has 29 heavy (non-hydrogen) atoms. The molecule has 10 heteroatoms. The van der Waals surface area contributed by atoms with Crippen molar-refractivity contribution in [2.45, 2.75) is 13.1 Å². The van der Waals surface area contributed by atoms with E-state index in [1.54, 1.807) is 25.1 Å². The van der Waals surface area contributed by atoms with E-state index in [1.165, 1.54) is 24.5 Å². The van der Waals surface area contributed by atoms with Crippen molar-refractivity contribution in [2.24, 2.45) is 0 Å². The molecule has 2 N–H and O–H groups in total. The van der Waals surface area contributed by atoms with Crippen LogP contribution < -0.4 is 10.0 Å². The molecule has 0 aliphatic carbocycles. The number of alkyl halides is 3. The Balaban J connectivity index is 1.89. The molecule has 2 aromatic carbocycles. The monoisotopic (exact) mass is 422 g/mol. The van der Waals surface area contributed by atoms with E-state index >= 15 is 0 Å². The third-order valence-electron chi connectivity index (χ3n) is 3.96. The summed E-state index contributed by atoms with van der Waals surface area (Å²) in [5.74, 6) is 0.349. The number of anilines is 3. The molecule has 3 aromatic rings. The van der Waals surface area contributed by atoms with Crippen LogP contribution in [-0.4, -0.2) is 24.6 Å². The van der Waals surface area contributed by atoms with Gasteiger partial charge in [-0.1, -0.05) is 18.2 Å². The van der Waals surface area contributed by atoms with Gasteiger partial charge in [-0.2, -0.15) is 13.2 Å². The smallest absolute Gasteiger partial charge is 0.340 e. The van der Waals surface area contributed by atoms with E-state index in [1.807, 2.05) is 0 Å². The molecular formula is C19H17F3N4O2S. The largest absolute Gasteiger partial charge is 0.416 e. The summed E-state index contributed by atoms with van der Waals surface area (Å²) < 4.78 is 64.2. The number of aryl methyl sites for hydroxylation is 1. The van der Waals surface area contributed by atoms with Crippen LogP contribution in [0, 0.1) is 6.92 Å². The molecule has 0 atom stereocenters. The van der Waals surface area contributed by atoms with E-state index in [-0.39, 0.29) is 0 Å². The molecule has 1 aromatic heterocycles. The van der Waals surface area contributed by atoms with Crippen molar-refractivity contribution in [3.63, 3.8) is 0 Å². The Labute approximate surface area is 165 Å². The van der Waals surface area contributed by atoms with Gasteiger partial charge < -0.3 is 5.32 Å². The van der Waals surface area contributed by atoms with Crippen LogP contribution in [0.3, 0.4) is 0 Å². The zero-order valence-corrected chi connectivity index (χ0v) is 16.3. The number of nitrogens with one attached hydrogen (secondary N) is 2. The first-order valence-corrected chi connectivity index (χ1v) is 10.3. The molecule has 0 fully saturated rings. The van der Waals surface area contributed by atoms with Crippen LogP contribution in [0.4, 0.5) is 30.4 Å². The van der Waals surface area contributed by atoms with Crippen molar-refractivity contribution in [1.29, 1.82) is 0 Å². The van der Waals surface area contributed by atoms with Crippen molar-refractivity contribution in [2.75, 3.05) is 16.3 Å². The van der Waals surface area contributed by atoms with E-state index in [0.29, 0.717) is 28.5 Å². The van der Waals surface area contributed by atoms with Gasteiger partial charge in [0.05, 0.1) is 23.2 Å². The molecule has 0 saturated carbocycles. The van der Waals surface area contributed by atoms with Gasteiger partial charge in [-0.15, -0.1) is 0 Å². The molecular weight excluding hydrogens is 405 g/mol. The van der Waals surface area contributed by atoms with Gasteiger partial charge in [-0.25, -0.2) is 18.4 Å². The van der Waals surface area contributed by atoms with Crippen molar-refractivity contribution in [3.05, 3.63) is 66.0 Å². The first-order valence-electron chi connectivity index (χ1n) is 8.36. The fraction of sp³-hybridized carbons (Fsp3) is 0.158. The Bertz CT molecular complexity index is 1150. The standard InChI is InChI=1S/C19H17F3N4O2S/c1-12-6-7-15(9-16(12)26-29(2,27)28)25-18-10-17(23-11-24-18)13-4-3-5-14(8-13)19(20,21)22/h3-11,26H,1-2H3,(H,23,24,25). The number of hydrogen-bond acceptors (Lipinski definition) is 5. The predicted molar refractivity (Wildman–Crippen MR) is 105 cm³/mol. The van der Waals surface area contributed by atoms with Gasteiger partial charge in [0.2, 0.25) is 10.0 Å². The second kappa shape index (κ2) is 7.70. The number of halogens is 3. The molecule has 0 amide bonds. The second-order valence-electron chi connectivity index (χ2n) is 6.40. The van der Waals surface area contributed by atoms with Gasteiger partial charge in [-0.05, 0) is 36.8 Å². The van der Waals surface area contributed by atoms with Crippen LogP contribution in [0.25, 0.3) is 11.3 Å². The summed E-state index contributed by atoms with van der Waals surface area (Å²) in [6.07, 6.45) is -2.16. The highest BCUT2D eigenvalue weighted by molar-refractivity contribution is 7.92. The van der Waals surface area contributed by atoms with Gasteiger partial charge in [0.15, 0.2) is 0 Å². The Morgan fingerprint density at radius 3 is 2.45 bits per heavy atom. The van der Waals surface area contributed by atoms with Crippen molar-refractivity contribution >= 4 is 27.2 Å². The topological polar surface area (TPSA) is 84.0 Å². The Kier molecular flexibility index (Phi) is 5.47. The maximum Gasteiger partial charge on any atom is 0.416 e. The summed E-state index contributed by atoms with van der Waals surface area (Å²) in [5.41, 5.74) is 1.54. The number of hydrogen-bond donors (Lipinski definition) is 2. The number of aromatic nitrogens is 2. The zero-order valence-electron chi connectivity index (χ0n) is 15.4. The lowest BCUT2D eigenvalue weighted by atomic mass is 10.1. The number of sulfonamides is 1. The number of benzene rings is 2. The highest BCUT2D eigenvalue weighted by atomic mass is 32.2. The Morgan fingerprint density at radius 2 is 1.76 bits per heavy atom. The second-order valence-corrected chi connectivity index (χ2v) is 8.14. The van der Waals surface area contributed by atoms with Crippen molar-refractivity contribution < 1.29 is 21.6 Å². The van der Waals surface area contributed by atoms with Crippen LogP contribution in [0.1, 0.15) is 11.1 Å². The minimum absolute atomic E-state index is 0.300. The van der Waals surface area contributed by atoms with Crippen LogP contribution in [-0.2, 0) is 16.2 Å². The zero-order chi connectivity index (χ0) is 21.2. The van der Waals surface area contributed by atoms with Crippen LogP contribution in [0.2, 0.25) is 0 Å². The van der Waals surface area contributed by atoms with E-state index in [0.717, 1.165) is 24.0 Å². The average molecular weight is 422 g/mol. The third-order valence-corrected chi connectivity index (χ3v) is 4.55. The third kappa shape index (κ3) is 5.44. The summed E-state index contributed by atoms with van der Waals surface area (Å²) in [5, 5.41) is 3.00. The SMILES string of the molecule is Cc1ccc(Nc2cc(-c3cccc(C(F)(F)F)c3)ncn2)cc1NS(C)(=O)=O. The fourth-order valence-corrected chi connectivity index (χ4v) is 3.22. The minimum Gasteiger partial charge on any atom is -0.340 e. The molecule has 0 radical (unpaired) electrons. The molecule has 0 spiro atoms. The lowest BCUT2D eigenvalue weighted by Crippen LogP contribution is -2.10. The first kappa shape index (κ1) is 20.6. The van der Waals surface area contributed by atoms with Gasteiger partial charge in [-0.3, -0.25) is 4.72 Å². The van der Waals surface area contributed by atoms with Crippen molar-refractivity contribution in [1.82, 2.24) is 9.97 Å². The number of rotatable bonds is 5. The molecule has 0 bridgehead atoms. The number of nitrogens with zero attached hydrogens (tertiary/aromatic N) is 2. The van der Waals surface area contributed by atoms with Crippen molar-refractivity contribution in [3.8, 4) is 11.3 Å². The van der Waals surface area contributed by atoms with Crippen LogP contribution in [0.15, 0.2) is 54.9 Å². The van der Waals surface area contributed by atoms with E-state index in [9.17, 15) is 21.6 Å². The maximum atomic E-state index is 12.9. The molecule has 0 saturated heterocycles. The molecule has 6 nitrogen and oxygen atoms in total. The normalized spacial score (nSPS) is 11.9. The van der Waals surface area contributed by atoms with Gasteiger partial charge >= 0.3 is 6.18 Å². The molecule has 152 valence electrons. The minimum atomic E-state index is -4.45. The lowest BCUT2D eigenvalue weighted by molar-refractivity contribution is -0.137. The van der Waals surface area contributed by atoms with Gasteiger partial charge in [0.25, 0.3) is 0 Å². The summed E-state index contributed by atoms with van der Waals surface area (Å²) >= 11 is 0. The molecule has 1 heterocycles. The molecule has 0 aliphatic rings. The maximum absolute atomic E-state index is 12.9. The fourth-order valence-electron chi connectivity index (χ4n) is 2.60. The quantitative estimate of drug-likeness (QED) is 0.629. The van der Waals surface area contributed by atoms with E-state index < -0.39 is 21.8 Å². The summed E-state index contributed by atoms with van der Waals surface area (Å²) in [4.78, 5) is 8.12. The lowest BCUT2D eigenvalue weighted by Gasteiger charge is -2.12. The van der Waals surface area contributed by atoms with Gasteiger partial charge in [0, 0.05) is 17.3 Å². The summed E-state index contributed by atoms with van der Waals surface area (Å²) in [7, 11) is -3.44. The molecule has 3 rings (SSSR count). The van der Waals surface area contributed by atoms with Crippen LogP contribution >= 0.6 is 0 Å². The Morgan fingerprint density at radius 1 is 1.00 bits per heavy atom. The van der Waals surface area contributed by atoms with E-state index in [2.05, 4.69) is 20.0 Å². The molecule has 0 unspecified atom stereocenters. The van der Waals surface area contributed by atoms with Gasteiger partial charge in [0.1, 0.15) is 12.1 Å².